The van der Waals surface area contributed by atoms with Gasteiger partial charge in [0, 0.05) is 19.7 Å². The predicted octanol–water partition coefficient (Wildman–Crippen LogP) is -0.0611. The number of fused-ring (bicyclic) bond motifs is 1. The van der Waals surface area contributed by atoms with Crippen molar-refractivity contribution in [3.63, 3.8) is 0 Å². The third-order valence-electron chi connectivity index (χ3n) is 3.60. The summed E-state index contributed by atoms with van der Waals surface area (Å²) in [6, 6.07) is 6.69. The largest absolute Gasteiger partial charge is 0.391 e. The van der Waals surface area contributed by atoms with Crippen LogP contribution in [0.4, 0.5) is 5.82 Å². The van der Waals surface area contributed by atoms with E-state index in [9.17, 15) is 13.5 Å². The van der Waals surface area contributed by atoms with Crippen molar-refractivity contribution in [2.24, 2.45) is 7.05 Å². The van der Waals surface area contributed by atoms with E-state index in [0.29, 0.717) is 6.42 Å². The summed E-state index contributed by atoms with van der Waals surface area (Å²) in [4.78, 5) is -0.0819. The number of nitrogens with zero attached hydrogens (tertiary/aromatic N) is 2. The lowest BCUT2D eigenvalue weighted by Crippen LogP contribution is -2.34. The van der Waals surface area contributed by atoms with Crippen molar-refractivity contribution in [2.45, 2.75) is 23.5 Å². The van der Waals surface area contributed by atoms with Crippen LogP contribution in [0.5, 0.6) is 0 Å². The fourth-order valence-electron chi connectivity index (χ4n) is 2.64. The molecule has 1 aliphatic rings. The Balaban J connectivity index is 1.95. The third kappa shape index (κ3) is 2.41. The number of anilines is 1. The van der Waals surface area contributed by atoms with Gasteiger partial charge in [0.15, 0.2) is 5.82 Å². The third-order valence-corrected chi connectivity index (χ3v) is 5.06. The van der Waals surface area contributed by atoms with Crippen LogP contribution in [0.3, 0.4) is 0 Å². The van der Waals surface area contributed by atoms with Gasteiger partial charge in [-0.3, -0.25) is 4.68 Å². The van der Waals surface area contributed by atoms with E-state index < -0.39 is 22.2 Å². The molecule has 0 aliphatic heterocycles. The van der Waals surface area contributed by atoms with E-state index in [1.165, 1.54) is 10.9 Å². The second kappa shape index (κ2) is 4.83. The summed E-state index contributed by atoms with van der Waals surface area (Å²) in [5, 5.41) is 13.9. The summed E-state index contributed by atoms with van der Waals surface area (Å²) < 4.78 is 28.7. The number of hydrogen-bond donors (Lipinski definition) is 3. The summed E-state index contributed by atoms with van der Waals surface area (Å²) >= 11 is 0. The van der Waals surface area contributed by atoms with Gasteiger partial charge in [-0.15, -0.1) is 0 Å². The Bertz CT molecular complexity index is 784. The predicted molar refractivity (Wildman–Crippen MR) is 76.8 cm³/mol. The zero-order valence-corrected chi connectivity index (χ0v) is 12.2. The van der Waals surface area contributed by atoms with E-state index in [2.05, 4.69) is 9.82 Å². The molecule has 1 aromatic carbocycles. The number of hydrogen-bond acceptors (Lipinski definition) is 5. The Kier molecular flexibility index (Phi) is 3.23. The van der Waals surface area contributed by atoms with Crippen molar-refractivity contribution < 1.29 is 13.5 Å². The molecule has 21 heavy (non-hydrogen) atoms. The summed E-state index contributed by atoms with van der Waals surface area (Å²) in [6.45, 7) is 0. The van der Waals surface area contributed by atoms with Crippen LogP contribution in [0.25, 0.3) is 0 Å². The summed E-state index contributed by atoms with van der Waals surface area (Å²) in [5.41, 5.74) is 7.35. The van der Waals surface area contributed by atoms with Gasteiger partial charge >= 0.3 is 0 Å². The van der Waals surface area contributed by atoms with Crippen LogP contribution in [0, 0.1) is 0 Å². The topological polar surface area (TPSA) is 110 Å². The minimum atomic E-state index is -3.85. The van der Waals surface area contributed by atoms with Gasteiger partial charge in [-0.1, -0.05) is 24.3 Å². The first-order chi connectivity index (χ1) is 9.88. The Morgan fingerprint density at radius 1 is 1.43 bits per heavy atom. The van der Waals surface area contributed by atoms with Crippen molar-refractivity contribution in [3.05, 3.63) is 41.6 Å². The molecule has 1 aliphatic carbocycles. The second-order valence-corrected chi connectivity index (χ2v) is 6.80. The van der Waals surface area contributed by atoms with Gasteiger partial charge in [-0.05, 0) is 11.1 Å². The first kappa shape index (κ1) is 14.1. The number of sulfonamides is 1. The maximum absolute atomic E-state index is 12.4. The van der Waals surface area contributed by atoms with Crippen LogP contribution >= 0.6 is 0 Å². The zero-order chi connectivity index (χ0) is 15.2. The Morgan fingerprint density at radius 2 is 2.14 bits per heavy atom. The van der Waals surface area contributed by atoms with E-state index >= 15 is 0 Å². The van der Waals surface area contributed by atoms with Crippen molar-refractivity contribution in [1.82, 2.24) is 14.5 Å². The van der Waals surface area contributed by atoms with Gasteiger partial charge in [0.05, 0.1) is 12.1 Å². The monoisotopic (exact) mass is 308 g/mol. The number of nitrogen functional groups attached to an aromatic ring is 1. The number of aliphatic hydroxyl groups is 1. The minimum absolute atomic E-state index is 0.0641. The average Bonchev–Trinajstić information content (AvgIpc) is 2.91. The maximum atomic E-state index is 12.4. The van der Waals surface area contributed by atoms with Crippen molar-refractivity contribution in [3.8, 4) is 0 Å². The summed E-state index contributed by atoms with van der Waals surface area (Å²) in [5.74, 6) is -0.0641. The lowest BCUT2D eigenvalue weighted by atomic mass is 10.1. The van der Waals surface area contributed by atoms with E-state index in [1.807, 2.05) is 24.3 Å². The molecule has 0 unspecified atom stereocenters. The van der Waals surface area contributed by atoms with Crippen LogP contribution in [0.15, 0.2) is 35.4 Å². The smallest absolute Gasteiger partial charge is 0.246 e. The molecule has 0 amide bonds. The molecule has 0 saturated carbocycles. The van der Waals surface area contributed by atoms with Crippen molar-refractivity contribution >= 4 is 15.8 Å². The average molecular weight is 308 g/mol. The number of aryl methyl sites for hydroxylation is 1. The highest BCUT2D eigenvalue weighted by Crippen LogP contribution is 2.32. The van der Waals surface area contributed by atoms with Gasteiger partial charge in [0.2, 0.25) is 10.0 Å². The first-order valence-corrected chi connectivity index (χ1v) is 7.94. The van der Waals surface area contributed by atoms with Crippen LogP contribution in [0.2, 0.25) is 0 Å². The lowest BCUT2D eigenvalue weighted by Gasteiger charge is -2.17. The molecule has 112 valence electrons. The molecule has 8 heteroatoms. The molecule has 0 fully saturated rings. The van der Waals surface area contributed by atoms with E-state index in [0.717, 1.165) is 11.1 Å². The molecule has 1 heterocycles. The molecule has 2 atom stereocenters. The van der Waals surface area contributed by atoms with Gasteiger partial charge in [-0.25, -0.2) is 13.1 Å². The number of rotatable bonds is 3. The molecule has 1 aromatic heterocycles. The minimum Gasteiger partial charge on any atom is -0.391 e. The van der Waals surface area contributed by atoms with Crippen molar-refractivity contribution in [1.29, 1.82) is 0 Å². The number of aliphatic hydroxyl groups excluding tert-OH is 1. The standard InChI is InChI=1S/C13H16N4O3S/c1-17-7-11(13(14)15-17)21(19,20)16-12-9-5-3-2-4-8(9)6-10(12)18/h2-5,7,10,12,16,18H,6H2,1H3,(H2,14,15)/t10-,12+/m1/s1. The van der Waals surface area contributed by atoms with Crippen LogP contribution in [0.1, 0.15) is 17.2 Å². The highest BCUT2D eigenvalue weighted by molar-refractivity contribution is 7.89. The molecule has 0 saturated heterocycles. The van der Waals surface area contributed by atoms with E-state index in [4.69, 9.17) is 5.73 Å². The number of nitrogens with one attached hydrogen (secondary N) is 1. The number of nitrogens with two attached hydrogens (primary N) is 1. The lowest BCUT2D eigenvalue weighted by molar-refractivity contribution is 0.151. The van der Waals surface area contributed by atoms with Gasteiger partial charge < -0.3 is 10.8 Å². The fourth-order valence-corrected chi connectivity index (χ4v) is 3.99. The van der Waals surface area contributed by atoms with Crippen LogP contribution in [-0.2, 0) is 23.5 Å². The molecule has 7 nitrogen and oxygen atoms in total. The fraction of sp³-hybridized carbons (Fsp3) is 0.308. The Morgan fingerprint density at radius 3 is 2.81 bits per heavy atom. The van der Waals surface area contributed by atoms with E-state index in [1.54, 1.807) is 7.05 Å². The zero-order valence-electron chi connectivity index (χ0n) is 11.4. The second-order valence-electron chi connectivity index (χ2n) is 5.12. The van der Waals surface area contributed by atoms with E-state index in [-0.39, 0.29) is 10.7 Å². The summed E-state index contributed by atoms with van der Waals surface area (Å²) in [6.07, 6.45) is 0.964. The SMILES string of the molecule is Cn1cc(S(=O)(=O)N[C@H]2c3ccccc3C[C@H]2O)c(N)n1. The summed E-state index contributed by atoms with van der Waals surface area (Å²) in [7, 11) is -2.26. The molecule has 0 radical (unpaired) electrons. The Hall–Kier alpha value is -1.90. The van der Waals surface area contributed by atoms with Gasteiger partial charge in [-0.2, -0.15) is 5.10 Å². The van der Waals surface area contributed by atoms with Crippen LogP contribution < -0.4 is 10.5 Å². The normalized spacial score (nSPS) is 21.4. The molecule has 2 aromatic rings. The Labute approximate surface area is 122 Å². The highest BCUT2D eigenvalue weighted by Gasteiger charge is 2.35. The number of aromatic nitrogens is 2. The highest BCUT2D eigenvalue weighted by atomic mass is 32.2. The molecule has 3 rings (SSSR count). The van der Waals surface area contributed by atoms with Crippen molar-refractivity contribution in [2.75, 3.05) is 5.73 Å². The maximum Gasteiger partial charge on any atom is 0.246 e. The molecule has 0 spiro atoms. The van der Waals surface area contributed by atoms with Gasteiger partial charge in [0.25, 0.3) is 0 Å². The molecular weight excluding hydrogens is 292 g/mol. The molecule has 0 bridgehead atoms. The van der Waals surface area contributed by atoms with Gasteiger partial charge in [0.1, 0.15) is 4.90 Å². The molecule has 4 N–H and O–H groups in total. The first-order valence-electron chi connectivity index (χ1n) is 6.46. The van der Waals surface area contributed by atoms with Crippen LogP contribution in [-0.4, -0.2) is 29.4 Å². The molecular formula is C13H16N4O3S. The number of benzene rings is 1. The quantitative estimate of drug-likeness (QED) is 0.735.